The van der Waals surface area contributed by atoms with Crippen molar-refractivity contribution in [3.8, 4) is 0 Å². The van der Waals surface area contributed by atoms with E-state index in [4.69, 9.17) is 10.7 Å². The molecule has 3 nitrogen and oxygen atoms in total. The smallest absolute Gasteiger partial charge is 0.133 e. The lowest BCUT2D eigenvalue weighted by molar-refractivity contribution is 0.631. The predicted octanol–water partition coefficient (Wildman–Crippen LogP) is 2.65. The Morgan fingerprint density at radius 2 is 2.16 bits per heavy atom. The molecule has 2 aliphatic carbocycles. The van der Waals surface area contributed by atoms with Gasteiger partial charge in [0.15, 0.2) is 0 Å². The Kier molecular flexibility index (Phi) is 3.48. The molecule has 3 rings (SSSR count). The fraction of sp³-hybridized carbons (Fsp3) is 0.688. The lowest BCUT2D eigenvalue weighted by atomic mass is 10.1. The second kappa shape index (κ2) is 5.12. The highest BCUT2D eigenvalue weighted by atomic mass is 15.2. The van der Waals surface area contributed by atoms with Crippen molar-refractivity contribution in [3.63, 3.8) is 0 Å². The van der Waals surface area contributed by atoms with Gasteiger partial charge < -0.3 is 10.6 Å². The molecule has 1 saturated carbocycles. The number of nitrogens with zero attached hydrogens (tertiary/aromatic N) is 2. The minimum Gasteiger partial charge on any atom is -0.354 e. The van der Waals surface area contributed by atoms with Crippen LogP contribution in [0, 0.1) is 5.92 Å². The van der Waals surface area contributed by atoms with Gasteiger partial charge in [0.2, 0.25) is 0 Å². The molecule has 104 valence electrons. The van der Waals surface area contributed by atoms with Crippen LogP contribution in [0.15, 0.2) is 6.07 Å². The Bertz CT molecular complexity index is 463. The Labute approximate surface area is 116 Å². The maximum absolute atomic E-state index is 5.96. The van der Waals surface area contributed by atoms with Crippen LogP contribution in [0.4, 0.5) is 5.82 Å². The van der Waals surface area contributed by atoms with Crippen LogP contribution in [-0.2, 0) is 19.4 Å². The zero-order valence-corrected chi connectivity index (χ0v) is 12.2. The summed E-state index contributed by atoms with van der Waals surface area (Å²) in [6.45, 7) is 6.27. The summed E-state index contributed by atoms with van der Waals surface area (Å²) in [7, 11) is 0. The van der Waals surface area contributed by atoms with Crippen LogP contribution in [0.5, 0.6) is 0 Å². The quantitative estimate of drug-likeness (QED) is 0.884. The molecule has 2 N–H and O–H groups in total. The molecule has 2 aliphatic rings. The number of fused-ring (bicyclic) bond motifs is 1. The van der Waals surface area contributed by atoms with Gasteiger partial charge >= 0.3 is 0 Å². The maximum atomic E-state index is 5.96. The number of hydrogen-bond donors (Lipinski definition) is 1. The van der Waals surface area contributed by atoms with Gasteiger partial charge in [0.05, 0.1) is 0 Å². The Balaban J connectivity index is 1.95. The van der Waals surface area contributed by atoms with Gasteiger partial charge in [0, 0.05) is 30.4 Å². The van der Waals surface area contributed by atoms with Crippen LogP contribution >= 0.6 is 0 Å². The minimum absolute atomic E-state index is 0.498. The Morgan fingerprint density at radius 3 is 2.79 bits per heavy atom. The molecule has 19 heavy (non-hydrogen) atoms. The van der Waals surface area contributed by atoms with Crippen molar-refractivity contribution >= 4 is 5.82 Å². The third-order valence-electron chi connectivity index (χ3n) is 4.37. The number of aryl methyl sites for hydroxylation is 2. The van der Waals surface area contributed by atoms with E-state index < -0.39 is 0 Å². The summed E-state index contributed by atoms with van der Waals surface area (Å²) in [6.07, 6.45) is 6.33. The first kappa shape index (κ1) is 12.9. The van der Waals surface area contributed by atoms with E-state index in [9.17, 15) is 0 Å². The summed E-state index contributed by atoms with van der Waals surface area (Å²) in [5, 5.41) is 0. The van der Waals surface area contributed by atoms with Gasteiger partial charge in [-0.1, -0.05) is 0 Å². The first-order chi connectivity index (χ1) is 9.19. The van der Waals surface area contributed by atoms with Crippen molar-refractivity contribution in [2.45, 2.75) is 58.5 Å². The summed E-state index contributed by atoms with van der Waals surface area (Å²) in [5.74, 6) is 2.04. The lowest BCUT2D eigenvalue weighted by Gasteiger charge is -2.30. The largest absolute Gasteiger partial charge is 0.354 e. The molecule has 0 spiro atoms. The molecule has 0 amide bonds. The fourth-order valence-electron chi connectivity index (χ4n) is 3.03. The highest BCUT2D eigenvalue weighted by molar-refractivity contribution is 5.51. The van der Waals surface area contributed by atoms with Gasteiger partial charge in [-0.15, -0.1) is 0 Å². The van der Waals surface area contributed by atoms with E-state index in [1.807, 2.05) is 0 Å². The molecule has 0 aromatic carbocycles. The van der Waals surface area contributed by atoms with Crippen molar-refractivity contribution in [2.24, 2.45) is 11.7 Å². The van der Waals surface area contributed by atoms with E-state index in [0.717, 1.165) is 24.7 Å². The molecular formula is C16H25N3. The average molecular weight is 259 g/mol. The van der Waals surface area contributed by atoms with Crippen molar-refractivity contribution in [3.05, 3.63) is 22.9 Å². The van der Waals surface area contributed by atoms with Gasteiger partial charge in [-0.05, 0) is 63.5 Å². The highest BCUT2D eigenvalue weighted by Crippen LogP contribution is 2.34. The summed E-state index contributed by atoms with van der Waals surface area (Å²) in [4.78, 5) is 7.44. The van der Waals surface area contributed by atoms with Crippen LogP contribution in [0.2, 0.25) is 0 Å². The Morgan fingerprint density at radius 1 is 1.37 bits per heavy atom. The van der Waals surface area contributed by atoms with Gasteiger partial charge in [-0.3, -0.25) is 0 Å². The van der Waals surface area contributed by atoms with Crippen LogP contribution in [0.25, 0.3) is 0 Å². The van der Waals surface area contributed by atoms with E-state index in [1.54, 1.807) is 0 Å². The van der Waals surface area contributed by atoms with E-state index in [-0.39, 0.29) is 0 Å². The second-order valence-corrected chi connectivity index (χ2v) is 6.32. The third kappa shape index (κ3) is 2.62. The molecule has 0 aliphatic heterocycles. The van der Waals surface area contributed by atoms with E-state index in [2.05, 4.69) is 24.8 Å². The molecule has 1 aromatic heterocycles. The molecule has 1 aromatic rings. The van der Waals surface area contributed by atoms with Crippen molar-refractivity contribution in [1.29, 1.82) is 0 Å². The van der Waals surface area contributed by atoms with Crippen molar-refractivity contribution in [1.82, 2.24) is 4.98 Å². The summed E-state index contributed by atoms with van der Waals surface area (Å²) >= 11 is 0. The standard InChI is InChI=1S/C16H25N3/c1-11(2)19(10-12-6-7-12)16-14(9-17)8-13-4-3-5-15(13)18-16/h8,11-12H,3-7,9-10,17H2,1-2H3. The van der Waals surface area contributed by atoms with E-state index in [1.165, 1.54) is 42.5 Å². The van der Waals surface area contributed by atoms with Crippen molar-refractivity contribution < 1.29 is 0 Å². The molecular weight excluding hydrogens is 234 g/mol. The van der Waals surface area contributed by atoms with Gasteiger partial charge in [-0.25, -0.2) is 4.98 Å². The normalized spacial score (nSPS) is 17.9. The molecule has 1 heterocycles. The molecule has 0 radical (unpaired) electrons. The lowest BCUT2D eigenvalue weighted by Crippen LogP contribution is -2.35. The topological polar surface area (TPSA) is 42.2 Å². The number of rotatable bonds is 5. The first-order valence-corrected chi connectivity index (χ1v) is 7.67. The number of anilines is 1. The van der Waals surface area contributed by atoms with Gasteiger partial charge in [0.25, 0.3) is 0 Å². The highest BCUT2D eigenvalue weighted by Gasteiger charge is 2.28. The number of hydrogen-bond acceptors (Lipinski definition) is 3. The summed E-state index contributed by atoms with van der Waals surface area (Å²) in [5.41, 5.74) is 9.94. The van der Waals surface area contributed by atoms with Gasteiger partial charge in [-0.2, -0.15) is 0 Å². The fourth-order valence-corrected chi connectivity index (χ4v) is 3.03. The zero-order chi connectivity index (χ0) is 13.4. The summed E-state index contributed by atoms with van der Waals surface area (Å²) < 4.78 is 0. The van der Waals surface area contributed by atoms with Crippen LogP contribution in [0.1, 0.15) is 49.9 Å². The number of aromatic nitrogens is 1. The van der Waals surface area contributed by atoms with E-state index in [0.29, 0.717) is 12.6 Å². The van der Waals surface area contributed by atoms with E-state index >= 15 is 0 Å². The second-order valence-electron chi connectivity index (χ2n) is 6.32. The van der Waals surface area contributed by atoms with Crippen LogP contribution in [-0.4, -0.2) is 17.6 Å². The SMILES string of the molecule is CC(C)N(CC1CC1)c1nc2c(cc1CN)CCC2. The Hall–Kier alpha value is -1.09. The van der Waals surface area contributed by atoms with Gasteiger partial charge in [0.1, 0.15) is 5.82 Å². The average Bonchev–Trinajstić information content (AvgIpc) is 3.10. The molecule has 1 fully saturated rings. The molecule has 0 atom stereocenters. The first-order valence-electron chi connectivity index (χ1n) is 7.67. The number of nitrogens with two attached hydrogens (primary N) is 1. The zero-order valence-electron chi connectivity index (χ0n) is 12.2. The number of pyridine rings is 1. The maximum Gasteiger partial charge on any atom is 0.133 e. The molecule has 0 unspecified atom stereocenters. The van der Waals surface area contributed by atoms with Crippen LogP contribution in [0.3, 0.4) is 0 Å². The summed E-state index contributed by atoms with van der Waals surface area (Å²) in [6, 6.07) is 2.81. The monoisotopic (exact) mass is 259 g/mol. The van der Waals surface area contributed by atoms with Crippen LogP contribution < -0.4 is 10.6 Å². The van der Waals surface area contributed by atoms with Crippen molar-refractivity contribution in [2.75, 3.05) is 11.4 Å². The molecule has 0 saturated heterocycles. The minimum atomic E-state index is 0.498. The molecule has 3 heteroatoms. The molecule has 0 bridgehead atoms. The predicted molar refractivity (Wildman–Crippen MR) is 79.4 cm³/mol. The third-order valence-corrected chi connectivity index (χ3v) is 4.37.